The van der Waals surface area contributed by atoms with Gasteiger partial charge in [-0.15, -0.1) is 0 Å². The normalized spacial score (nSPS) is 21.3. The van der Waals surface area contributed by atoms with E-state index in [4.69, 9.17) is 0 Å². The lowest BCUT2D eigenvalue weighted by molar-refractivity contribution is 0.165. The van der Waals surface area contributed by atoms with Crippen LogP contribution in [0.1, 0.15) is 35.7 Å². The molecular formula is C22H22FN3O2S. The molecule has 2 aliphatic heterocycles. The van der Waals surface area contributed by atoms with E-state index in [1.165, 1.54) is 23.6 Å². The second-order valence-electron chi connectivity index (χ2n) is 7.94. The standard InChI is InChI=1S/C22H22FN3O2S/c1-29(27,28)18-9-6-16(7-10-18)26-22-12-17-8-11-21(19(22)13-24-26)25(17)14-15-4-2-3-5-20(15)23/h2-7,9-10,13,17,21H,8,11-12,14H2,1H3. The van der Waals surface area contributed by atoms with Gasteiger partial charge >= 0.3 is 0 Å². The maximum Gasteiger partial charge on any atom is 0.175 e. The molecule has 5 rings (SSSR count). The molecule has 0 amide bonds. The van der Waals surface area contributed by atoms with E-state index in [9.17, 15) is 12.8 Å². The van der Waals surface area contributed by atoms with Gasteiger partial charge in [0, 0.05) is 42.4 Å². The second-order valence-corrected chi connectivity index (χ2v) is 9.96. The zero-order valence-electron chi connectivity index (χ0n) is 16.1. The van der Waals surface area contributed by atoms with Gasteiger partial charge < -0.3 is 0 Å². The van der Waals surface area contributed by atoms with Crippen molar-refractivity contribution in [3.05, 3.63) is 77.4 Å². The highest BCUT2D eigenvalue weighted by molar-refractivity contribution is 7.90. The lowest BCUT2D eigenvalue weighted by atomic mass is 9.99. The van der Waals surface area contributed by atoms with E-state index in [2.05, 4.69) is 10.00 Å². The van der Waals surface area contributed by atoms with E-state index in [1.807, 2.05) is 23.0 Å². The summed E-state index contributed by atoms with van der Waals surface area (Å²) in [6.07, 6.45) is 6.11. The first kappa shape index (κ1) is 18.5. The number of hydrogen-bond donors (Lipinski definition) is 0. The Morgan fingerprint density at radius 1 is 1.10 bits per heavy atom. The van der Waals surface area contributed by atoms with Gasteiger partial charge in [-0.1, -0.05) is 18.2 Å². The highest BCUT2D eigenvalue weighted by atomic mass is 32.2. The molecule has 29 heavy (non-hydrogen) atoms. The Morgan fingerprint density at radius 2 is 1.86 bits per heavy atom. The van der Waals surface area contributed by atoms with Gasteiger partial charge in [0.15, 0.2) is 9.84 Å². The number of rotatable bonds is 4. The molecule has 0 aliphatic carbocycles. The zero-order chi connectivity index (χ0) is 20.2. The lowest BCUT2D eigenvalue weighted by Gasteiger charge is -2.35. The Hall–Kier alpha value is -2.51. The zero-order valence-corrected chi connectivity index (χ0v) is 16.9. The molecule has 3 aromatic rings. The number of sulfone groups is 1. The van der Waals surface area contributed by atoms with Gasteiger partial charge in [0.05, 0.1) is 22.5 Å². The van der Waals surface area contributed by atoms with Crippen LogP contribution in [0.25, 0.3) is 5.69 Å². The molecule has 0 N–H and O–H groups in total. The molecule has 0 saturated carbocycles. The number of fused-ring (bicyclic) bond motifs is 4. The molecule has 1 fully saturated rings. The summed E-state index contributed by atoms with van der Waals surface area (Å²) in [5.74, 6) is -0.153. The molecule has 2 unspecified atom stereocenters. The molecule has 3 heterocycles. The SMILES string of the molecule is CS(=O)(=O)c1ccc(-n2ncc3c2CC2CCC3N2Cc2ccccc2F)cc1. The quantitative estimate of drug-likeness (QED) is 0.657. The molecule has 2 aromatic carbocycles. The summed E-state index contributed by atoms with van der Waals surface area (Å²) in [5, 5.41) is 4.60. The first-order valence-electron chi connectivity index (χ1n) is 9.78. The lowest BCUT2D eigenvalue weighted by Crippen LogP contribution is -2.37. The van der Waals surface area contributed by atoms with Crippen molar-refractivity contribution in [1.29, 1.82) is 0 Å². The Labute approximate surface area is 169 Å². The summed E-state index contributed by atoms with van der Waals surface area (Å²) < 4.78 is 39.5. The van der Waals surface area contributed by atoms with Crippen LogP contribution in [0.15, 0.2) is 59.6 Å². The van der Waals surface area contributed by atoms with Crippen LogP contribution >= 0.6 is 0 Å². The molecule has 0 spiro atoms. The summed E-state index contributed by atoms with van der Waals surface area (Å²) >= 11 is 0. The van der Waals surface area contributed by atoms with E-state index < -0.39 is 9.84 Å². The van der Waals surface area contributed by atoms with Gasteiger partial charge in [-0.2, -0.15) is 5.10 Å². The van der Waals surface area contributed by atoms with Crippen molar-refractivity contribution in [2.75, 3.05) is 6.26 Å². The molecule has 7 heteroatoms. The third kappa shape index (κ3) is 3.18. The molecule has 2 aliphatic rings. The van der Waals surface area contributed by atoms with Crippen molar-refractivity contribution < 1.29 is 12.8 Å². The van der Waals surface area contributed by atoms with Crippen molar-refractivity contribution in [3.8, 4) is 5.69 Å². The number of nitrogens with zero attached hydrogens (tertiary/aromatic N) is 3. The van der Waals surface area contributed by atoms with Gasteiger partial charge in [0.2, 0.25) is 0 Å². The van der Waals surface area contributed by atoms with Crippen LogP contribution in [0.3, 0.4) is 0 Å². The Bertz CT molecular complexity index is 1170. The van der Waals surface area contributed by atoms with Gasteiger partial charge in [-0.05, 0) is 43.2 Å². The number of benzene rings is 2. The number of aromatic nitrogens is 2. The Morgan fingerprint density at radius 3 is 2.59 bits per heavy atom. The smallest absolute Gasteiger partial charge is 0.175 e. The monoisotopic (exact) mass is 411 g/mol. The van der Waals surface area contributed by atoms with Crippen LogP contribution in [-0.2, 0) is 22.8 Å². The van der Waals surface area contributed by atoms with E-state index in [1.54, 1.807) is 30.3 Å². The fourth-order valence-electron chi connectivity index (χ4n) is 4.70. The Kier molecular flexibility index (Phi) is 4.33. The first-order chi connectivity index (χ1) is 13.9. The van der Waals surface area contributed by atoms with Gasteiger partial charge in [0.1, 0.15) is 5.82 Å². The highest BCUT2D eigenvalue weighted by Gasteiger charge is 2.42. The summed E-state index contributed by atoms with van der Waals surface area (Å²) in [6, 6.07) is 14.4. The summed E-state index contributed by atoms with van der Waals surface area (Å²) in [6.45, 7) is 0.607. The third-order valence-electron chi connectivity index (χ3n) is 6.15. The van der Waals surface area contributed by atoms with Gasteiger partial charge in [-0.25, -0.2) is 17.5 Å². The number of halogens is 1. The van der Waals surface area contributed by atoms with Crippen molar-refractivity contribution in [1.82, 2.24) is 14.7 Å². The van der Waals surface area contributed by atoms with Crippen molar-refractivity contribution in [2.45, 2.75) is 42.8 Å². The molecule has 0 radical (unpaired) electrons. The minimum absolute atomic E-state index is 0.153. The molecule has 1 saturated heterocycles. The van der Waals surface area contributed by atoms with Crippen LogP contribution in [0.4, 0.5) is 4.39 Å². The molecule has 2 atom stereocenters. The van der Waals surface area contributed by atoms with Crippen molar-refractivity contribution in [3.63, 3.8) is 0 Å². The van der Waals surface area contributed by atoms with Crippen molar-refractivity contribution in [2.24, 2.45) is 0 Å². The predicted molar refractivity (Wildman–Crippen MR) is 108 cm³/mol. The maximum absolute atomic E-state index is 14.2. The third-order valence-corrected chi connectivity index (χ3v) is 7.28. The fourth-order valence-corrected chi connectivity index (χ4v) is 5.33. The topological polar surface area (TPSA) is 55.2 Å². The van der Waals surface area contributed by atoms with E-state index in [0.29, 0.717) is 17.5 Å². The minimum Gasteiger partial charge on any atom is -0.289 e. The molecule has 150 valence electrons. The second kappa shape index (κ2) is 6.78. The minimum atomic E-state index is -3.22. The average molecular weight is 412 g/mol. The van der Waals surface area contributed by atoms with Crippen LogP contribution in [-0.4, -0.2) is 35.4 Å². The maximum atomic E-state index is 14.2. The van der Waals surface area contributed by atoms with Crippen LogP contribution < -0.4 is 0 Å². The van der Waals surface area contributed by atoms with Gasteiger partial charge in [-0.3, -0.25) is 4.90 Å². The van der Waals surface area contributed by atoms with Crippen LogP contribution in [0, 0.1) is 5.82 Å². The molecule has 2 bridgehead atoms. The van der Waals surface area contributed by atoms with Crippen LogP contribution in [0.5, 0.6) is 0 Å². The van der Waals surface area contributed by atoms with E-state index in [-0.39, 0.29) is 11.9 Å². The average Bonchev–Trinajstić information content (AvgIpc) is 3.23. The fraction of sp³-hybridized carbons (Fsp3) is 0.318. The van der Waals surface area contributed by atoms with E-state index in [0.717, 1.165) is 30.5 Å². The summed E-state index contributed by atoms with van der Waals surface area (Å²) in [5.41, 5.74) is 3.97. The van der Waals surface area contributed by atoms with E-state index >= 15 is 0 Å². The van der Waals surface area contributed by atoms with Crippen LogP contribution in [0.2, 0.25) is 0 Å². The van der Waals surface area contributed by atoms with Gasteiger partial charge in [0.25, 0.3) is 0 Å². The molecular weight excluding hydrogens is 389 g/mol. The largest absolute Gasteiger partial charge is 0.289 e. The molecule has 1 aromatic heterocycles. The first-order valence-corrected chi connectivity index (χ1v) is 11.7. The summed E-state index contributed by atoms with van der Waals surface area (Å²) in [4.78, 5) is 2.71. The predicted octanol–water partition coefficient (Wildman–Crippen LogP) is 3.68. The number of hydrogen-bond acceptors (Lipinski definition) is 4. The molecule has 5 nitrogen and oxygen atoms in total. The summed E-state index contributed by atoms with van der Waals surface area (Å²) in [7, 11) is -3.22. The van der Waals surface area contributed by atoms with Crippen molar-refractivity contribution >= 4 is 9.84 Å². The Balaban J connectivity index is 1.46. The highest BCUT2D eigenvalue weighted by Crippen LogP contribution is 2.45.